The van der Waals surface area contributed by atoms with Crippen LogP contribution in [-0.4, -0.2) is 47.9 Å². The molecule has 8 heteroatoms. The molecule has 1 aliphatic rings. The van der Waals surface area contributed by atoms with Crippen LogP contribution in [0.3, 0.4) is 0 Å². The molecule has 0 bridgehead atoms. The van der Waals surface area contributed by atoms with E-state index in [-0.39, 0.29) is 25.6 Å². The molecule has 4 rings (SSSR count). The summed E-state index contributed by atoms with van der Waals surface area (Å²) in [4.78, 5) is 37.8. The lowest BCUT2D eigenvalue weighted by molar-refractivity contribution is -0.143. The predicted octanol–water partition coefficient (Wildman–Crippen LogP) is 4.87. The average Bonchev–Trinajstić information content (AvgIpc) is 3.27. The van der Waals surface area contributed by atoms with Crippen molar-refractivity contribution in [2.45, 2.75) is 57.4 Å². The van der Waals surface area contributed by atoms with E-state index < -0.39 is 36.2 Å². The number of nitrogens with one attached hydrogen (secondary N) is 2. The van der Waals surface area contributed by atoms with Crippen molar-refractivity contribution in [3.8, 4) is 11.1 Å². The fraction of sp³-hybridized carbons (Fsp3) is 0.323. The number of hydrogen-bond donors (Lipinski definition) is 3. The lowest BCUT2D eigenvalue weighted by Crippen LogP contribution is -2.56. The van der Waals surface area contributed by atoms with E-state index in [0.29, 0.717) is 6.42 Å². The van der Waals surface area contributed by atoms with Crippen LogP contribution in [0.4, 0.5) is 4.79 Å². The largest absolute Gasteiger partial charge is 0.480 e. The van der Waals surface area contributed by atoms with E-state index in [4.69, 9.17) is 9.47 Å². The summed E-state index contributed by atoms with van der Waals surface area (Å²) in [5.74, 6) is -1.92. The summed E-state index contributed by atoms with van der Waals surface area (Å²) in [6.07, 6.45) is -0.712. The molecule has 0 radical (unpaired) electrons. The van der Waals surface area contributed by atoms with Gasteiger partial charge >= 0.3 is 12.1 Å². The SMILES string of the molecule is CCC[C@H](NC(=O)C(NC(=O)OCC1c2ccccc2-c2ccccc21)C(C)OCc1ccccc1)C(=O)O. The number of benzene rings is 3. The highest BCUT2D eigenvalue weighted by Crippen LogP contribution is 2.44. The van der Waals surface area contributed by atoms with Gasteiger partial charge in [0.25, 0.3) is 0 Å². The fourth-order valence-electron chi connectivity index (χ4n) is 4.87. The van der Waals surface area contributed by atoms with Gasteiger partial charge in [-0.15, -0.1) is 0 Å². The van der Waals surface area contributed by atoms with Gasteiger partial charge in [0.1, 0.15) is 18.7 Å². The first-order valence-electron chi connectivity index (χ1n) is 13.2. The lowest BCUT2D eigenvalue weighted by Gasteiger charge is -2.26. The van der Waals surface area contributed by atoms with Gasteiger partial charge < -0.3 is 25.2 Å². The highest BCUT2D eigenvalue weighted by molar-refractivity contribution is 5.89. The highest BCUT2D eigenvalue weighted by atomic mass is 16.5. The van der Waals surface area contributed by atoms with Gasteiger partial charge in [0.2, 0.25) is 5.91 Å². The molecule has 2 amide bonds. The smallest absolute Gasteiger partial charge is 0.407 e. The van der Waals surface area contributed by atoms with E-state index in [1.165, 1.54) is 0 Å². The number of carbonyl (C=O) groups excluding carboxylic acids is 2. The Morgan fingerprint density at radius 1 is 0.872 bits per heavy atom. The molecule has 3 N–H and O–H groups in total. The minimum absolute atomic E-state index is 0.0844. The van der Waals surface area contributed by atoms with Crippen molar-refractivity contribution in [1.82, 2.24) is 10.6 Å². The molecular weight excluding hydrogens is 496 g/mol. The van der Waals surface area contributed by atoms with Crippen LogP contribution in [0.15, 0.2) is 78.9 Å². The van der Waals surface area contributed by atoms with Crippen LogP contribution < -0.4 is 10.6 Å². The minimum atomic E-state index is -1.16. The number of alkyl carbamates (subject to hydrolysis) is 1. The van der Waals surface area contributed by atoms with Crippen LogP contribution in [0.2, 0.25) is 0 Å². The third-order valence-electron chi connectivity index (χ3n) is 6.92. The van der Waals surface area contributed by atoms with E-state index in [1.807, 2.05) is 73.7 Å². The molecule has 39 heavy (non-hydrogen) atoms. The standard InChI is InChI=1S/C31H34N2O6/c1-3-11-27(30(35)36)32-29(34)28(20(2)38-18-21-12-5-4-6-13-21)33-31(37)39-19-26-24-16-9-7-14-22(24)23-15-8-10-17-25(23)26/h4-10,12-17,20,26-28H,3,11,18-19H2,1-2H3,(H,32,34)(H,33,37)(H,35,36)/t20?,27-,28?/m0/s1. The first kappa shape index (κ1) is 27.9. The third-order valence-corrected chi connectivity index (χ3v) is 6.92. The van der Waals surface area contributed by atoms with E-state index in [2.05, 4.69) is 22.8 Å². The number of carboxylic acids is 1. The first-order valence-corrected chi connectivity index (χ1v) is 13.2. The summed E-state index contributed by atoms with van der Waals surface area (Å²) in [7, 11) is 0. The Hall–Kier alpha value is -4.17. The van der Waals surface area contributed by atoms with E-state index in [0.717, 1.165) is 27.8 Å². The number of ether oxygens (including phenoxy) is 2. The Labute approximate surface area is 228 Å². The number of amides is 2. The zero-order chi connectivity index (χ0) is 27.8. The maximum Gasteiger partial charge on any atom is 0.407 e. The topological polar surface area (TPSA) is 114 Å². The molecule has 2 unspecified atom stereocenters. The van der Waals surface area contributed by atoms with Crippen molar-refractivity contribution >= 4 is 18.0 Å². The Morgan fingerprint density at radius 2 is 1.46 bits per heavy atom. The fourth-order valence-corrected chi connectivity index (χ4v) is 4.87. The third kappa shape index (κ3) is 6.83. The molecule has 0 aromatic heterocycles. The quantitative estimate of drug-likeness (QED) is 0.308. The van der Waals surface area contributed by atoms with E-state index >= 15 is 0 Å². The normalized spacial score (nSPS) is 14.4. The van der Waals surface area contributed by atoms with Crippen LogP contribution in [0.1, 0.15) is 49.3 Å². The summed E-state index contributed by atoms with van der Waals surface area (Å²) in [5, 5.41) is 14.7. The number of hydrogen-bond acceptors (Lipinski definition) is 5. The Balaban J connectivity index is 1.45. The lowest BCUT2D eigenvalue weighted by atomic mass is 9.98. The molecule has 0 spiro atoms. The van der Waals surface area contributed by atoms with Crippen molar-refractivity contribution in [2.24, 2.45) is 0 Å². The number of aliphatic carboxylic acids is 1. The summed E-state index contributed by atoms with van der Waals surface area (Å²) in [5.41, 5.74) is 5.27. The summed E-state index contributed by atoms with van der Waals surface area (Å²) < 4.78 is 11.5. The Kier molecular flexibility index (Phi) is 9.33. The summed E-state index contributed by atoms with van der Waals surface area (Å²) in [6, 6.07) is 23.2. The van der Waals surface area contributed by atoms with E-state index in [1.54, 1.807) is 6.92 Å². The van der Waals surface area contributed by atoms with Gasteiger partial charge in [0, 0.05) is 5.92 Å². The van der Waals surface area contributed by atoms with Crippen molar-refractivity contribution in [3.63, 3.8) is 0 Å². The second kappa shape index (κ2) is 13.1. The van der Waals surface area contributed by atoms with Crippen molar-refractivity contribution in [3.05, 3.63) is 95.6 Å². The van der Waals surface area contributed by atoms with Crippen LogP contribution >= 0.6 is 0 Å². The summed E-state index contributed by atoms with van der Waals surface area (Å²) in [6.45, 7) is 3.79. The molecule has 1 aliphatic carbocycles. The maximum atomic E-state index is 13.2. The van der Waals surface area contributed by atoms with Crippen molar-refractivity contribution < 1.29 is 29.0 Å². The molecule has 0 saturated carbocycles. The molecule has 0 heterocycles. The highest BCUT2D eigenvalue weighted by Gasteiger charge is 2.33. The maximum absolute atomic E-state index is 13.2. The Bertz CT molecular complexity index is 1250. The molecule has 0 saturated heterocycles. The van der Waals surface area contributed by atoms with Crippen molar-refractivity contribution in [2.75, 3.05) is 6.61 Å². The van der Waals surface area contributed by atoms with Crippen LogP contribution in [0, 0.1) is 0 Å². The van der Waals surface area contributed by atoms with Gasteiger partial charge in [-0.05, 0) is 41.2 Å². The molecule has 3 aromatic carbocycles. The van der Waals surface area contributed by atoms with E-state index in [9.17, 15) is 19.5 Å². The first-order chi connectivity index (χ1) is 18.9. The Morgan fingerprint density at radius 3 is 2.05 bits per heavy atom. The van der Waals surface area contributed by atoms with Gasteiger partial charge in [-0.25, -0.2) is 9.59 Å². The summed E-state index contributed by atoms with van der Waals surface area (Å²) >= 11 is 0. The zero-order valence-electron chi connectivity index (χ0n) is 22.1. The molecule has 0 fully saturated rings. The van der Waals surface area contributed by atoms with Crippen molar-refractivity contribution in [1.29, 1.82) is 0 Å². The number of rotatable bonds is 12. The second-order valence-corrected chi connectivity index (χ2v) is 9.64. The number of carboxylic acid groups (broad SMARTS) is 1. The van der Waals surface area contributed by atoms with Gasteiger partial charge in [0.05, 0.1) is 12.7 Å². The molecule has 0 aliphatic heterocycles. The van der Waals surface area contributed by atoms with Crippen LogP contribution in [-0.2, 0) is 25.7 Å². The zero-order valence-corrected chi connectivity index (χ0v) is 22.1. The van der Waals surface area contributed by atoms with Gasteiger partial charge in [-0.3, -0.25) is 4.79 Å². The monoisotopic (exact) mass is 530 g/mol. The average molecular weight is 531 g/mol. The van der Waals surface area contributed by atoms with Gasteiger partial charge in [0.15, 0.2) is 0 Å². The predicted molar refractivity (Wildman–Crippen MR) is 147 cm³/mol. The molecule has 3 aromatic rings. The van der Waals surface area contributed by atoms with Gasteiger partial charge in [-0.1, -0.05) is 92.2 Å². The molecule has 8 nitrogen and oxygen atoms in total. The molecular formula is C31H34N2O6. The minimum Gasteiger partial charge on any atom is -0.480 e. The number of carbonyl (C=O) groups is 3. The molecule has 204 valence electrons. The molecule has 3 atom stereocenters. The number of fused-ring (bicyclic) bond motifs is 3. The van der Waals surface area contributed by atoms with Crippen LogP contribution in [0.5, 0.6) is 0 Å². The second-order valence-electron chi connectivity index (χ2n) is 9.64. The van der Waals surface area contributed by atoms with Gasteiger partial charge in [-0.2, -0.15) is 0 Å². The van der Waals surface area contributed by atoms with Crippen LogP contribution in [0.25, 0.3) is 11.1 Å².